The summed E-state index contributed by atoms with van der Waals surface area (Å²) in [6.07, 6.45) is 2.95. The second-order valence-corrected chi connectivity index (χ2v) is 5.36. The van der Waals surface area contributed by atoms with Crippen molar-refractivity contribution in [2.24, 2.45) is 0 Å². The highest BCUT2D eigenvalue weighted by atomic mass is 35.5. The average Bonchev–Trinajstić information content (AvgIpc) is 2.46. The highest BCUT2D eigenvalue weighted by Gasteiger charge is 2.26. The van der Waals surface area contributed by atoms with Crippen LogP contribution in [0, 0.1) is 0 Å². The molecule has 6 heteroatoms. The average molecular weight is 311 g/mol. The van der Waals surface area contributed by atoms with Crippen molar-refractivity contribution in [1.29, 1.82) is 0 Å². The van der Waals surface area contributed by atoms with Gasteiger partial charge < -0.3 is 10.1 Å². The molecular formula is C15H19ClN2O3. The predicted octanol–water partition coefficient (Wildman–Crippen LogP) is 2.83. The molecule has 5 nitrogen and oxygen atoms in total. The second kappa shape index (κ2) is 7.31. The Morgan fingerprint density at radius 3 is 3.00 bits per heavy atom. The number of carbonyl (C=O) groups excluding carboxylic acids is 2. The van der Waals surface area contributed by atoms with Crippen molar-refractivity contribution >= 4 is 34.9 Å². The smallest absolute Gasteiger partial charge is 0.326 e. The molecule has 0 fully saturated rings. The van der Waals surface area contributed by atoms with E-state index in [2.05, 4.69) is 12.2 Å². The third-order valence-corrected chi connectivity index (χ3v) is 3.51. The zero-order valence-corrected chi connectivity index (χ0v) is 12.8. The summed E-state index contributed by atoms with van der Waals surface area (Å²) in [6.45, 7) is 2.57. The SMILES string of the molecule is CCCCCOC(=O)CN1C(=O)CNc2cc(Cl)ccc21. The topological polar surface area (TPSA) is 58.6 Å². The molecule has 2 rings (SSSR count). The maximum Gasteiger partial charge on any atom is 0.326 e. The molecule has 0 spiro atoms. The first-order valence-electron chi connectivity index (χ1n) is 7.11. The number of hydrogen-bond donors (Lipinski definition) is 1. The number of esters is 1. The number of fused-ring (bicyclic) bond motifs is 1. The summed E-state index contributed by atoms with van der Waals surface area (Å²) in [5.41, 5.74) is 1.40. The van der Waals surface area contributed by atoms with Gasteiger partial charge in [-0.2, -0.15) is 0 Å². The van der Waals surface area contributed by atoms with Crippen molar-refractivity contribution in [3.63, 3.8) is 0 Å². The Morgan fingerprint density at radius 1 is 1.43 bits per heavy atom. The molecule has 1 N–H and O–H groups in total. The van der Waals surface area contributed by atoms with Gasteiger partial charge in [-0.25, -0.2) is 0 Å². The first kappa shape index (κ1) is 15.6. The normalized spacial score (nSPS) is 13.6. The van der Waals surface area contributed by atoms with Crippen LogP contribution in [0.3, 0.4) is 0 Å². The van der Waals surface area contributed by atoms with Gasteiger partial charge in [-0.05, 0) is 24.6 Å². The standard InChI is InChI=1S/C15H19ClN2O3/c1-2-3-4-7-21-15(20)10-18-13-6-5-11(16)8-12(13)17-9-14(18)19/h5-6,8,17H,2-4,7,9-10H2,1H3. The summed E-state index contributed by atoms with van der Waals surface area (Å²) in [5, 5.41) is 3.57. The maximum atomic E-state index is 12.0. The molecule has 0 saturated carbocycles. The van der Waals surface area contributed by atoms with E-state index in [1.165, 1.54) is 4.90 Å². The maximum absolute atomic E-state index is 12.0. The summed E-state index contributed by atoms with van der Waals surface area (Å²) in [5.74, 6) is -0.544. The number of anilines is 2. The van der Waals surface area contributed by atoms with Gasteiger partial charge in [0.05, 0.1) is 24.5 Å². The molecule has 1 aromatic carbocycles. The molecule has 1 heterocycles. The van der Waals surface area contributed by atoms with Crippen molar-refractivity contribution in [3.05, 3.63) is 23.2 Å². The van der Waals surface area contributed by atoms with Crippen molar-refractivity contribution in [3.8, 4) is 0 Å². The Morgan fingerprint density at radius 2 is 2.24 bits per heavy atom. The monoisotopic (exact) mass is 310 g/mol. The van der Waals surface area contributed by atoms with E-state index in [-0.39, 0.29) is 25.0 Å². The quantitative estimate of drug-likeness (QED) is 0.648. The number of benzene rings is 1. The first-order valence-corrected chi connectivity index (χ1v) is 7.49. The summed E-state index contributed by atoms with van der Waals surface area (Å²) in [4.78, 5) is 25.2. The van der Waals surface area contributed by atoms with E-state index in [1.807, 2.05) is 0 Å². The molecule has 1 amide bonds. The number of nitrogens with zero attached hydrogens (tertiary/aromatic N) is 1. The van der Waals surface area contributed by atoms with E-state index in [9.17, 15) is 9.59 Å². The molecule has 0 bridgehead atoms. The number of unbranched alkanes of at least 4 members (excludes halogenated alkanes) is 2. The van der Waals surface area contributed by atoms with Crippen LogP contribution in [0.5, 0.6) is 0 Å². The van der Waals surface area contributed by atoms with E-state index in [1.54, 1.807) is 18.2 Å². The minimum atomic E-state index is -0.387. The van der Waals surface area contributed by atoms with Crippen LogP contribution in [-0.2, 0) is 14.3 Å². The van der Waals surface area contributed by atoms with Gasteiger partial charge in [0.15, 0.2) is 0 Å². The van der Waals surface area contributed by atoms with Crippen LogP contribution in [0.25, 0.3) is 0 Å². The van der Waals surface area contributed by atoms with Crippen LogP contribution in [0.2, 0.25) is 5.02 Å². The molecular weight excluding hydrogens is 292 g/mol. The lowest BCUT2D eigenvalue weighted by Gasteiger charge is -2.29. The number of ether oxygens (including phenoxy) is 1. The highest BCUT2D eigenvalue weighted by Crippen LogP contribution is 2.31. The van der Waals surface area contributed by atoms with Gasteiger partial charge in [0, 0.05) is 5.02 Å². The van der Waals surface area contributed by atoms with E-state index in [0.29, 0.717) is 17.3 Å². The summed E-state index contributed by atoms with van der Waals surface area (Å²) >= 11 is 5.93. The van der Waals surface area contributed by atoms with Crippen LogP contribution < -0.4 is 10.2 Å². The molecule has 0 aromatic heterocycles. The van der Waals surface area contributed by atoms with Crippen molar-refractivity contribution in [2.75, 3.05) is 29.9 Å². The predicted molar refractivity (Wildman–Crippen MR) is 82.8 cm³/mol. The summed E-state index contributed by atoms with van der Waals surface area (Å²) < 4.78 is 5.15. The molecule has 21 heavy (non-hydrogen) atoms. The van der Waals surface area contributed by atoms with Crippen LogP contribution in [0.4, 0.5) is 11.4 Å². The minimum Gasteiger partial charge on any atom is -0.464 e. The lowest BCUT2D eigenvalue weighted by atomic mass is 10.2. The number of carbonyl (C=O) groups is 2. The first-order chi connectivity index (χ1) is 10.1. The Hall–Kier alpha value is -1.75. The number of nitrogens with one attached hydrogen (secondary N) is 1. The lowest BCUT2D eigenvalue weighted by molar-refractivity contribution is -0.143. The van der Waals surface area contributed by atoms with E-state index in [4.69, 9.17) is 16.3 Å². The van der Waals surface area contributed by atoms with E-state index in [0.717, 1.165) is 24.9 Å². The minimum absolute atomic E-state index is 0.0682. The molecule has 1 aromatic rings. The van der Waals surface area contributed by atoms with Gasteiger partial charge in [-0.1, -0.05) is 31.4 Å². The van der Waals surface area contributed by atoms with Crippen molar-refractivity contribution in [1.82, 2.24) is 0 Å². The third-order valence-electron chi connectivity index (χ3n) is 3.28. The van der Waals surface area contributed by atoms with Crippen LogP contribution in [0.1, 0.15) is 26.2 Å². The Balaban J connectivity index is 1.99. The van der Waals surface area contributed by atoms with Crippen LogP contribution >= 0.6 is 11.6 Å². The van der Waals surface area contributed by atoms with Gasteiger partial charge >= 0.3 is 5.97 Å². The highest BCUT2D eigenvalue weighted by molar-refractivity contribution is 6.31. The van der Waals surface area contributed by atoms with Gasteiger partial charge in [0.2, 0.25) is 5.91 Å². The van der Waals surface area contributed by atoms with Crippen molar-refractivity contribution in [2.45, 2.75) is 26.2 Å². The molecule has 0 saturated heterocycles. The van der Waals surface area contributed by atoms with Gasteiger partial charge in [0.1, 0.15) is 6.54 Å². The summed E-state index contributed by atoms with van der Waals surface area (Å²) in [7, 11) is 0. The number of amides is 1. The third kappa shape index (κ3) is 4.11. The van der Waals surface area contributed by atoms with Gasteiger partial charge in [-0.15, -0.1) is 0 Å². The zero-order valence-electron chi connectivity index (χ0n) is 12.0. The lowest BCUT2D eigenvalue weighted by Crippen LogP contribution is -2.43. The van der Waals surface area contributed by atoms with E-state index < -0.39 is 0 Å². The number of rotatable bonds is 6. The fraction of sp³-hybridized carbons (Fsp3) is 0.467. The largest absolute Gasteiger partial charge is 0.464 e. The fourth-order valence-corrected chi connectivity index (χ4v) is 2.34. The second-order valence-electron chi connectivity index (χ2n) is 4.92. The fourth-order valence-electron chi connectivity index (χ4n) is 2.17. The Bertz CT molecular complexity index is 534. The van der Waals surface area contributed by atoms with Crippen molar-refractivity contribution < 1.29 is 14.3 Å². The van der Waals surface area contributed by atoms with Gasteiger partial charge in [-0.3, -0.25) is 14.5 Å². The van der Waals surface area contributed by atoms with Gasteiger partial charge in [0.25, 0.3) is 0 Å². The molecule has 0 atom stereocenters. The molecule has 1 aliphatic heterocycles. The molecule has 0 unspecified atom stereocenters. The van der Waals surface area contributed by atoms with Crippen LogP contribution in [-0.4, -0.2) is 31.6 Å². The molecule has 1 aliphatic rings. The zero-order chi connectivity index (χ0) is 15.2. The summed E-state index contributed by atoms with van der Waals surface area (Å²) in [6, 6.07) is 5.16. The Kier molecular flexibility index (Phi) is 5.44. The molecule has 0 aliphatic carbocycles. The number of halogens is 1. The molecule has 114 valence electrons. The number of hydrogen-bond acceptors (Lipinski definition) is 4. The molecule has 0 radical (unpaired) electrons. The van der Waals surface area contributed by atoms with Crippen LogP contribution in [0.15, 0.2) is 18.2 Å². The van der Waals surface area contributed by atoms with E-state index >= 15 is 0 Å². The Labute approximate surface area is 129 Å².